The molecule has 0 N–H and O–H groups in total. The third-order valence-electron chi connectivity index (χ3n) is 0.168. The van der Waals surface area contributed by atoms with Crippen molar-refractivity contribution in [3.8, 4) is 0 Å². The summed E-state index contributed by atoms with van der Waals surface area (Å²) in [6, 6.07) is 0. The fourth-order valence-electron chi connectivity index (χ4n) is 0. The van der Waals surface area contributed by atoms with E-state index in [1.807, 2.05) is 0 Å². The Bertz CT molecular complexity index is 39.3. The van der Waals surface area contributed by atoms with Gasteiger partial charge < -0.3 is 0 Å². The maximum Gasteiger partial charge on any atom is 0.407 e. The number of rotatable bonds is 1. The molecule has 0 aromatic carbocycles. The highest BCUT2D eigenvalue weighted by molar-refractivity contribution is 4.37. The molecule has 0 aromatic rings. The van der Waals surface area contributed by atoms with E-state index < -0.39 is 12.7 Å². The van der Waals surface area contributed by atoms with Gasteiger partial charge in [0, 0.05) is 0 Å². The van der Waals surface area contributed by atoms with Crippen LogP contribution < -0.4 is 0 Å². The summed E-state index contributed by atoms with van der Waals surface area (Å²) in [7, 11) is 0. The van der Waals surface area contributed by atoms with E-state index in [4.69, 9.17) is 10.2 Å². The van der Waals surface area contributed by atoms with Gasteiger partial charge in [-0.3, -0.25) is 0 Å². The van der Waals surface area contributed by atoms with Gasteiger partial charge in [0.15, 0.2) is 6.61 Å². The van der Waals surface area contributed by atoms with Crippen LogP contribution in [0.4, 0.5) is 8.78 Å². The van der Waals surface area contributed by atoms with Gasteiger partial charge in [-0.1, -0.05) is 0 Å². The normalized spacial score (nSPS) is 12.0. The van der Waals surface area contributed by atoms with Gasteiger partial charge in [-0.2, -0.15) is 13.9 Å². The first kappa shape index (κ1) is 5.78. The molecule has 0 rings (SSSR count). The van der Waals surface area contributed by atoms with Crippen molar-refractivity contribution in [2.45, 2.75) is 6.11 Å². The summed E-state index contributed by atoms with van der Waals surface area (Å²) in [6.45, 7) is -1.87. The third-order valence-corrected chi connectivity index (χ3v) is 0.168. The summed E-state index contributed by atoms with van der Waals surface area (Å²) >= 11 is 0. The summed E-state index contributed by atoms with van der Waals surface area (Å²) in [5, 5.41) is 17.7. The molecule has 0 aromatic heterocycles. The average molecular weight is 96.0 g/mol. The highest BCUT2D eigenvalue weighted by Gasteiger charge is 2.25. The highest BCUT2D eigenvalue weighted by Crippen LogP contribution is 2.05. The molecule has 0 aliphatic carbocycles. The van der Waals surface area contributed by atoms with Gasteiger partial charge in [0.25, 0.3) is 0 Å². The van der Waals surface area contributed by atoms with Crippen molar-refractivity contribution in [3.63, 3.8) is 0 Å². The molecule has 6 heavy (non-hydrogen) atoms. The minimum absolute atomic E-state index is 1.87. The molecule has 0 saturated heterocycles. The monoisotopic (exact) mass is 96.0 g/mol. The molecule has 0 unspecified atom stereocenters. The van der Waals surface area contributed by atoms with Crippen molar-refractivity contribution in [2.75, 3.05) is 6.61 Å². The maximum atomic E-state index is 10.6. The van der Waals surface area contributed by atoms with Crippen LogP contribution in [0.15, 0.2) is 0 Å². The van der Waals surface area contributed by atoms with Gasteiger partial charge >= 0.3 is 6.11 Å². The molecule has 0 amide bonds. The standard InChI is InChI=1S/C2H2F2O2/c3-2(4,6)1-5/h1H2. The lowest BCUT2D eigenvalue weighted by Gasteiger charge is -1.94. The average Bonchev–Trinajstić information content (AvgIpc) is 1.35. The summed E-state index contributed by atoms with van der Waals surface area (Å²) in [4.78, 5) is 0. The molecule has 2 nitrogen and oxygen atoms in total. The van der Waals surface area contributed by atoms with Crippen LogP contribution >= 0.6 is 0 Å². The SMILES string of the molecule is [O]CC([O])(F)F. The van der Waals surface area contributed by atoms with E-state index in [9.17, 15) is 8.78 Å². The Hall–Kier alpha value is -0.220. The van der Waals surface area contributed by atoms with E-state index in [-0.39, 0.29) is 0 Å². The van der Waals surface area contributed by atoms with Crippen LogP contribution in [-0.4, -0.2) is 12.7 Å². The molecule has 0 atom stereocenters. The van der Waals surface area contributed by atoms with Gasteiger partial charge in [-0.25, -0.2) is 5.11 Å². The predicted molar refractivity (Wildman–Crippen MR) is 11.2 cm³/mol. The molecule has 4 heteroatoms. The zero-order valence-corrected chi connectivity index (χ0v) is 2.78. The Balaban J connectivity index is 3.17. The number of alkyl halides is 2. The molecule has 0 aliphatic heterocycles. The highest BCUT2D eigenvalue weighted by atomic mass is 19.3. The number of halogens is 2. The van der Waals surface area contributed by atoms with Crippen LogP contribution in [0.25, 0.3) is 0 Å². The van der Waals surface area contributed by atoms with Crippen molar-refractivity contribution in [2.24, 2.45) is 0 Å². The first-order valence-electron chi connectivity index (χ1n) is 1.22. The number of hydrogen-bond acceptors (Lipinski definition) is 0. The minimum Gasteiger partial charge on any atom is -0.227 e. The van der Waals surface area contributed by atoms with Gasteiger partial charge in [0.2, 0.25) is 0 Å². The molecule has 0 saturated carbocycles. The predicted octanol–water partition coefficient (Wildman–Crippen LogP) is 0.440. The molecule has 0 fully saturated rings. The first-order valence-corrected chi connectivity index (χ1v) is 1.22. The van der Waals surface area contributed by atoms with E-state index >= 15 is 0 Å². The van der Waals surface area contributed by atoms with Crippen molar-refractivity contribution >= 4 is 0 Å². The Morgan fingerprint density at radius 3 is 1.67 bits per heavy atom. The fraction of sp³-hybridized carbons (Fsp3) is 1.00. The van der Waals surface area contributed by atoms with Crippen LogP contribution in [0.3, 0.4) is 0 Å². The molecular weight excluding hydrogens is 94.0 g/mol. The lowest BCUT2D eigenvalue weighted by atomic mass is 10.7. The summed E-state index contributed by atoms with van der Waals surface area (Å²) in [6.07, 6.45) is -4.26. The van der Waals surface area contributed by atoms with E-state index in [1.54, 1.807) is 0 Å². The minimum atomic E-state index is -4.26. The van der Waals surface area contributed by atoms with Gasteiger partial charge in [-0.15, -0.1) is 0 Å². The Labute approximate surface area is 33.0 Å². The largest absolute Gasteiger partial charge is 0.407 e. The lowest BCUT2D eigenvalue weighted by Crippen LogP contribution is -2.15. The Morgan fingerprint density at radius 2 is 1.67 bits per heavy atom. The first-order chi connectivity index (χ1) is 2.56. The topological polar surface area (TPSA) is 39.8 Å². The molecule has 0 bridgehead atoms. The van der Waals surface area contributed by atoms with Crippen molar-refractivity contribution in [1.29, 1.82) is 0 Å². The Morgan fingerprint density at radius 1 is 1.50 bits per heavy atom. The van der Waals surface area contributed by atoms with Crippen LogP contribution in [0, 0.1) is 0 Å². The van der Waals surface area contributed by atoms with E-state index in [0.717, 1.165) is 0 Å². The van der Waals surface area contributed by atoms with Crippen molar-refractivity contribution in [1.82, 2.24) is 0 Å². The zero-order valence-electron chi connectivity index (χ0n) is 2.78. The molecular formula is C2H2F2O2. The quantitative estimate of drug-likeness (QED) is 0.454. The lowest BCUT2D eigenvalue weighted by molar-refractivity contribution is -0.269. The molecule has 0 aliphatic rings. The molecule has 2 radical (unpaired) electrons. The van der Waals surface area contributed by atoms with E-state index in [0.29, 0.717) is 0 Å². The van der Waals surface area contributed by atoms with Crippen molar-refractivity contribution < 1.29 is 19.0 Å². The molecule has 36 valence electrons. The van der Waals surface area contributed by atoms with Crippen LogP contribution in [0.1, 0.15) is 0 Å². The fourth-order valence-corrected chi connectivity index (χ4v) is 0. The molecule has 0 heterocycles. The van der Waals surface area contributed by atoms with Gasteiger partial charge in [-0.05, 0) is 0 Å². The summed E-state index contributed by atoms with van der Waals surface area (Å²) in [5.41, 5.74) is 0. The van der Waals surface area contributed by atoms with E-state index in [1.165, 1.54) is 0 Å². The van der Waals surface area contributed by atoms with Crippen LogP contribution in [0.2, 0.25) is 0 Å². The second kappa shape index (κ2) is 1.49. The maximum absolute atomic E-state index is 10.6. The Kier molecular flexibility index (Phi) is 1.43. The van der Waals surface area contributed by atoms with Crippen LogP contribution in [-0.2, 0) is 10.2 Å². The smallest absolute Gasteiger partial charge is 0.227 e. The van der Waals surface area contributed by atoms with Crippen molar-refractivity contribution in [3.05, 3.63) is 0 Å². The summed E-state index contributed by atoms with van der Waals surface area (Å²) in [5.74, 6) is 0. The number of hydrogen-bond donors (Lipinski definition) is 0. The second-order valence-electron chi connectivity index (χ2n) is 0.782. The van der Waals surface area contributed by atoms with Gasteiger partial charge in [0.05, 0.1) is 0 Å². The molecule has 0 spiro atoms. The van der Waals surface area contributed by atoms with Crippen LogP contribution in [0.5, 0.6) is 0 Å². The second-order valence-corrected chi connectivity index (χ2v) is 0.782. The third kappa shape index (κ3) is 3.78. The van der Waals surface area contributed by atoms with E-state index in [2.05, 4.69) is 0 Å². The summed E-state index contributed by atoms with van der Waals surface area (Å²) < 4.78 is 21.2. The van der Waals surface area contributed by atoms with Gasteiger partial charge in [0.1, 0.15) is 0 Å². The zero-order chi connectivity index (χ0) is 5.21.